The lowest BCUT2D eigenvalue weighted by atomic mass is 9.98. The highest BCUT2D eigenvalue weighted by Gasteiger charge is 2.11. The largest absolute Gasteiger partial charge is 0.352 e. The number of nitrogens with one attached hydrogen (secondary N) is 1. The second kappa shape index (κ2) is 11.9. The topological polar surface area (TPSA) is 58.3 Å². The smallest absolute Gasteiger partial charge is 0.194 e. The van der Waals surface area contributed by atoms with E-state index in [1.165, 1.54) is 22.3 Å². The normalized spacial score (nSPS) is 11.2. The summed E-state index contributed by atoms with van der Waals surface area (Å²) in [5.74, 6) is 0.848. The number of thiazole rings is 1. The number of aryl methyl sites for hydroxylation is 1. The van der Waals surface area contributed by atoms with Crippen molar-refractivity contribution in [2.24, 2.45) is 4.99 Å². The number of halogens is 1. The highest BCUT2D eigenvalue weighted by atomic mass is 127. The molecule has 4 rings (SSSR count). The molecule has 0 aliphatic heterocycles. The Bertz CT molecular complexity index is 1170. The van der Waals surface area contributed by atoms with Gasteiger partial charge in [-0.05, 0) is 29.2 Å². The van der Waals surface area contributed by atoms with Gasteiger partial charge in [-0.2, -0.15) is 0 Å². The summed E-state index contributed by atoms with van der Waals surface area (Å²) in [4.78, 5) is 15.2. The van der Waals surface area contributed by atoms with Crippen molar-refractivity contribution >= 4 is 41.3 Å². The number of imidazole rings is 1. The quantitative estimate of drug-likeness (QED) is 0.188. The van der Waals surface area contributed by atoms with E-state index in [1.54, 1.807) is 17.5 Å². The summed E-state index contributed by atoms with van der Waals surface area (Å²) in [7, 11) is 3.85. The Hall–Kier alpha value is -2.72. The van der Waals surface area contributed by atoms with Crippen LogP contribution in [0, 0.1) is 6.92 Å². The van der Waals surface area contributed by atoms with Gasteiger partial charge in [0.2, 0.25) is 0 Å². The fraction of sp³-hybridized carbons (Fsp3) is 0.240. The number of benzene rings is 2. The van der Waals surface area contributed by atoms with Crippen LogP contribution in [0.4, 0.5) is 0 Å². The van der Waals surface area contributed by atoms with Gasteiger partial charge < -0.3 is 14.8 Å². The maximum atomic E-state index is 4.56. The van der Waals surface area contributed by atoms with Gasteiger partial charge in [0, 0.05) is 45.0 Å². The summed E-state index contributed by atoms with van der Waals surface area (Å²) in [6, 6.07) is 17.3. The predicted octanol–water partition coefficient (Wildman–Crippen LogP) is 5.19. The third kappa shape index (κ3) is 6.64. The van der Waals surface area contributed by atoms with E-state index in [-0.39, 0.29) is 24.0 Å². The molecule has 2 aromatic heterocycles. The molecule has 0 bridgehead atoms. The average Bonchev–Trinajstić information content (AvgIpc) is 3.46. The van der Waals surface area contributed by atoms with Crippen molar-refractivity contribution in [3.05, 3.63) is 94.5 Å². The standard InChI is InChI=1S/C25H28N6S.HI/c1-19-29-23(17-32-19)16-30(3)25(26-2)28-14-22-6-4-5-7-24(22)21-10-8-20(9-11-21)15-31-13-12-27-18-31;/h4-13,17-18H,14-16H2,1-3H3,(H,26,28);1H. The van der Waals surface area contributed by atoms with Crippen LogP contribution in [0.15, 0.2) is 77.6 Å². The van der Waals surface area contributed by atoms with Gasteiger partial charge >= 0.3 is 0 Å². The van der Waals surface area contributed by atoms with Crippen LogP contribution in [-0.2, 0) is 19.6 Å². The molecule has 0 radical (unpaired) electrons. The molecule has 2 heterocycles. The lowest BCUT2D eigenvalue weighted by molar-refractivity contribution is 0.470. The molecule has 1 N–H and O–H groups in total. The van der Waals surface area contributed by atoms with Crippen LogP contribution in [0.2, 0.25) is 0 Å². The Morgan fingerprint density at radius 3 is 2.61 bits per heavy atom. The summed E-state index contributed by atoms with van der Waals surface area (Å²) in [6.07, 6.45) is 5.63. The van der Waals surface area contributed by atoms with Crippen LogP contribution >= 0.6 is 35.3 Å². The van der Waals surface area contributed by atoms with E-state index >= 15 is 0 Å². The molecule has 0 fully saturated rings. The molecule has 0 aliphatic carbocycles. The molecule has 0 unspecified atom stereocenters. The number of nitrogens with zero attached hydrogens (tertiary/aromatic N) is 5. The molecule has 0 saturated carbocycles. The molecular weight excluding hydrogens is 543 g/mol. The van der Waals surface area contributed by atoms with Crippen LogP contribution in [0.3, 0.4) is 0 Å². The number of guanidine groups is 1. The number of hydrogen-bond donors (Lipinski definition) is 1. The molecular formula is C25H29IN6S. The first kappa shape index (κ1) is 24.9. The van der Waals surface area contributed by atoms with Crippen molar-refractivity contribution in [1.82, 2.24) is 24.8 Å². The Labute approximate surface area is 216 Å². The Balaban J connectivity index is 0.00000306. The molecule has 2 aromatic carbocycles. The molecule has 6 nitrogen and oxygen atoms in total. The maximum Gasteiger partial charge on any atom is 0.194 e. The zero-order valence-corrected chi connectivity index (χ0v) is 22.2. The van der Waals surface area contributed by atoms with Gasteiger partial charge in [0.1, 0.15) is 0 Å². The first-order valence-corrected chi connectivity index (χ1v) is 11.5. The van der Waals surface area contributed by atoms with Crippen LogP contribution < -0.4 is 5.32 Å². The van der Waals surface area contributed by atoms with Gasteiger partial charge in [-0.1, -0.05) is 48.5 Å². The molecule has 8 heteroatoms. The summed E-state index contributed by atoms with van der Waals surface area (Å²) in [6.45, 7) is 4.27. The van der Waals surface area contributed by atoms with Gasteiger partial charge in [-0.3, -0.25) is 4.99 Å². The third-order valence-electron chi connectivity index (χ3n) is 5.28. The lowest BCUT2D eigenvalue weighted by Crippen LogP contribution is -2.38. The average molecular weight is 573 g/mol. The van der Waals surface area contributed by atoms with Crippen molar-refractivity contribution in [3.63, 3.8) is 0 Å². The van der Waals surface area contributed by atoms with E-state index in [0.29, 0.717) is 6.54 Å². The van der Waals surface area contributed by atoms with Crippen molar-refractivity contribution in [2.75, 3.05) is 14.1 Å². The molecule has 0 atom stereocenters. The fourth-order valence-electron chi connectivity index (χ4n) is 3.69. The predicted molar refractivity (Wildman–Crippen MR) is 147 cm³/mol. The molecule has 172 valence electrons. The molecule has 4 aromatic rings. The van der Waals surface area contributed by atoms with Crippen molar-refractivity contribution in [3.8, 4) is 11.1 Å². The minimum atomic E-state index is 0. The van der Waals surface area contributed by atoms with Crippen molar-refractivity contribution < 1.29 is 0 Å². The molecule has 0 spiro atoms. The molecule has 33 heavy (non-hydrogen) atoms. The summed E-state index contributed by atoms with van der Waals surface area (Å²) >= 11 is 1.67. The van der Waals surface area contributed by atoms with Gasteiger partial charge in [0.25, 0.3) is 0 Å². The summed E-state index contributed by atoms with van der Waals surface area (Å²) in [5.41, 5.74) is 5.98. The number of hydrogen-bond acceptors (Lipinski definition) is 4. The first-order chi connectivity index (χ1) is 15.6. The summed E-state index contributed by atoms with van der Waals surface area (Å²) < 4.78 is 2.07. The number of aliphatic imine (C=N–C) groups is 1. The Kier molecular flexibility index (Phi) is 9.02. The highest BCUT2D eigenvalue weighted by Crippen LogP contribution is 2.24. The van der Waals surface area contributed by atoms with Gasteiger partial charge in [0.15, 0.2) is 5.96 Å². The van der Waals surface area contributed by atoms with E-state index in [4.69, 9.17) is 0 Å². The van der Waals surface area contributed by atoms with E-state index in [0.717, 1.165) is 29.8 Å². The van der Waals surface area contributed by atoms with E-state index in [1.807, 2.05) is 33.5 Å². The second-order valence-corrected chi connectivity index (χ2v) is 8.77. The van der Waals surface area contributed by atoms with Crippen LogP contribution in [0.1, 0.15) is 21.8 Å². The van der Waals surface area contributed by atoms with Crippen LogP contribution in [-0.4, -0.2) is 39.5 Å². The van der Waals surface area contributed by atoms with E-state index in [2.05, 4.69) is 83.7 Å². The minimum Gasteiger partial charge on any atom is -0.352 e. The fourth-order valence-corrected chi connectivity index (χ4v) is 4.30. The molecule has 0 aliphatic rings. The Morgan fingerprint density at radius 1 is 1.15 bits per heavy atom. The van der Waals surface area contributed by atoms with Crippen LogP contribution in [0.25, 0.3) is 11.1 Å². The zero-order chi connectivity index (χ0) is 22.3. The van der Waals surface area contributed by atoms with Gasteiger partial charge in [-0.25, -0.2) is 9.97 Å². The van der Waals surface area contributed by atoms with Crippen LogP contribution in [0.5, 0.6) is 0 Å². The van der Waals surface area contributed by atoms with Crippen molar-refractivity contribution in [1.29, 1.82) is 0 Å². The third-order valence-corrected chi connectivity index (χ3v) is 6.11. The number of aromatic nitrogens is 3. The van der Waals surface area contributed by atoms with Gasteiger partial charge in [0.05, 0.1) is 23.6 Å². The lowest BCUT2D eigenvalue weighted by Gasteiger charge is -2.22. The minimum absolute atomic E-state index is 0. The highest BCUT2D eigenvalue weighted by molar-refractivity contribution is 14.0. The Morgan fingerprint density at radius 2 is 1.94 bits per heavy atom. The van der Waals surface area contributed by atoms with E-state index < -0.39 is 0 Å². The summed E-state index contributed by atoms with van der Waals surface area (Å²) in [5, 5.41) is 6.69. The monoisotopic (exact) mass is 572 g/mol. The SMILES string of the molecule is CN=C(NCc1ccccc1-c1ccc(Cn2ccnc2)cc1)N(C)Cc1csc(C)n1.I. The second-order valence-electron chi connectivity index (χ2n) is 7.70. The van der Waals surface area contributed by atoms with E-state index in [9.17, 15) is 0 Å². The number of rotatable bonds is 7. The molecule has 0 amide bonds. The van der Waals surface area contributed by atoms with Gasteiger partial charge in [-0.15, -0.1) is 35.3 Å². The van der Waals surface area contributed by atoms with Crippen molar-refractivity contribution in [2.45, 2.75) is 26.6 Å². The zero-order valence-electron chi connectivity index (χ0n) is 19.1. The maximum absolute atomic E-state index is 4.56. The molecule has 0 saturated heterocycles. The first-order valence-electron chi connectivity index (χ1n) is 10.6.